The van der Waals surface area contributed by atoms with Crippen LogP contribution in [0.3, 0.4) is 0 Å². The van der Waals surface area contributed by atoms with Gasteiger partial charge in [0.05, 0.1) is 18.2 Å². The Hall–Kier alpha value is -3.37. The topological polar surface area (TPSA) is 78.3 Å². The molecule has 0 aliphatic carbocycles. The second kappa shape index (κ2) is 9.71. The van der Waals surface area contributed by atoms with E-state index in [4.69, 9.17) is 4.74 Å². The van der Waals surface area contributed by atoms with Gasteiger partial charge in [-0.1, -0.05) is 6.92 Å². The van der Waals surface area contributed by atoms with E-state index in [-0.39, 0.29) is 11.9 Å². The standard InChI is InChI=1S/C24H26F4N4O3/c1-14-3-8-19(25)23(29-14)31-11-9-18(10-12-31)35-17-6-4-16(5-7-17)32-20(13-21(33)34)15(2)22(30-32)24(26,27)28/h3-8,15,18,20H,9-13H2,1-2H3,(H,33,34)/t15-,20-/m0/s1. The van der Waals surface area contributed by atoms with Crippen LogP contribution in [0.4, 0.5) is 29.1 Å². The molecule has 1 aromatic carbocycles. The Labute approximate surface area is 200 Å². The molecule has 7 nitrogen and oxygen atoms in total. The first-order valence-electron chi connectivity index (χ1n) is 11.3. The molecule has 188 valence electrons. The van der Waals surface area contributed by atoms with Crippen molar-refractivity contribution in [3.63, 3.8) is 0 Å². The molecule has 0 spiro atoms. The van der Waals surface area contributed by atoms with E-state index in [1.54, 1.807) is 30.3 Å². The van der Waals surface area contributed by atoms with Crippen LogP contribution in [0.15, 0.2) is 41.5 Å². The maximum absolute atomic E-state index is 14.1. The summed E-state index contributed by atoms with van der Waals surface area (Å²) in [5.74, 6) is -1.77. The number of ether oxygens (including phenoxy) is 1. The highest BCUT2D eigenvalue weighted by Crippen LogP contribution is 2.37. The molecule has 11 heteroatoms. The molecule has 2 aromatic rings. The fourth-order valence-corrected chi connectivity index (χ4v) is 4.48. The van der Waals surface area contributed by atoms with E-state index in [2.05, 4.69) is 10.1 Å². The molecule has 1 saturated heterocycles. The van der Waals surface area contributed by atoms with Gasteiger partial charge in [0.15, 0.2) is 11.6 Å². The van der Waals surface area contributed by atoms with Crippen molar-refractivity contribution in [3.8, 4) is 5.75 Å². The predicted octanol–water partition coefficient (Wildman–Crippen LogP) is 4.79. The number of rotatable bonds is 6. The third kappa shape index (κ3) is 5.49. The number of carboxylic acid groups (broad SMARTS) is 1. The van der Waals surface area contributed by atoms with Crippen molar-refractivity contribution in [2.45, 2.75) is 51.4 Å². The van der Waals surface area contributed by atoms with E-state index in [0.29, 0.717) is 43.2 Å². The molecule has 0 saturated carbocycles. The lowest BCUT2D eigenvalue weighted by molar-refractivity contribution is -0.137. The summed E-state index contributed by atoms with van der Waals surface area (Å²) >= 11 is 0. The Morgan fingerprint density at radius 1 is 1.14 bits per heavy atom. The molecule has 0 amide bonds. The van der Waals surface area contributed by atoms with Gasteiger partial charge in [-0.3, -0.25) is 9.80 Å². The first-order chi connectivity index (χ1) is 16.5. The molecule has 2 aliphatic heterocycles. The van der Waals surface area contributed by atoms with Crippen molar-refractivity contribution in [2.24, 2.45) is 11.0 Å². The zero-order chi connectivity index (χ0) is 25.3. The van der Waals surface area contributed by atoms with E-state index >= 15 is 0 Å². The fraction of sp³-hybridized carbons (Fsp3) is 0.458. The van der Waals surface area contributed by atoms with Crippen molar-refractivity contribution in [1.29, 1.82) is 0 Å². The number of benzene rings is 1. The minimum Gasteiger partial charge on any atom is -0.490 e. The molecule has 2 atom stereocenters. The summed E-state index contributed by atoms with van der Waals surface area (Å²) in [5, 5.41) is 14.0. The highest BCUT2D eigenvalue weighted by molar-refractivity contribution is 5.95. The molecule has 1 N–H and O–H groups in total. The average Bonchev–Trinajstić information content (AvgIpc) is 3.12. The molecule has 2 aliphatic rings. The summed E-state index contributed by atoms with van der Waals surface area (Å²) < 4.78 is 60.2. The van der Waals surface area contributed by atoms with Crippen molar-refractivity contribution in [1.82, 2.24) is 4.98 Å². The monoisotopic (exact) mass is 494 g/mol. The van der Waals surface area contributed by atoms with Crippen LogP contribution < -0.4 is 14.6 Å². The zero-order valence-corrected chi connectivity index (χ0v) is 19.3. The lowest BCUT2D eigenvalue weighted by atomic mass is 9.94. The summed E-state index contributed by atoms with van der Waals surface area (Å²) in [7, 11) is 0. The molecule has 1 aromatic heterocycles. The van der Waals surface area contributed by atoms with Gasteiger partial charge in [-0.2, -0.15) is 18.3 Å². The van der Waals surface area contributed by atoms with E-state index in [0.717, 1.165) is 10.7 Å². The maximum Gasteiger partial charge on any atom is 0.431 e. The van der Waals surface area contributed by atoms with Gasteiger partial charge in [0, 0.05) is 37.5 Å². The number of halogens is 4. The Morgan fingerprint density at radius 2 is 1.80 bits per heavy atom. The van der Waals surface area contributed by atoms with Crippen molar-refractivity contribution in [2.75, 3.05) is 23.0 Å². The van der Waals surface area contributed by atoms with Gasteiger partial charge in [0.25, 0.3) is 0 Å². The number of hydrogen-bond donors (Lipinski definition) is 1. The normalized spacial score (nSPS) is 21.3. The Bertz CT molecular complexity index is 1100. The summed E-state index contributed by atoms with van der Waals surface area (Å²) in [6.07, 6.45) is -3.91. The highest BCUT2D eigenvalue weighted by atomic mass is 19.4. The van der Waals surface area contributed by atoms with E-state index in [1.165, 1.54) is 13.0 Å². The van der Waals surface area contributed by atoms with E-state index < -0.39 is 36.2 Å². The summed E-state index contributed by atoms with van der Waals surface area (Å²) in [5.41, 5.74) is 0.102. The smallest absolute Gasteiger partial charge is 0.431 e. The number of piperidine rings is 1. The number of hydrogen-bond acceptors (Lipinski definition) is 6. The number of aryl methyl sites for hydroxylation is 1. The number of hydrazone groups is 1. The minimum atomic E-state index is -4.64. The summed E-state index contributed by atoms with van der Waals surface area (Å²) in [4.78, 5) is 17.4. The van der Waals surface area contributed by atoms with Crippen LogP contribution in [-0.4, -0.2) is 53.2 Å². The molecule has 1 fully saturated rings. The predicted molar refractivity (Wildman–Crippen MR) is 122 cm³/mol. The van der Waals surface area contributed by atoms with Gasteiger partial charge >= 0.3 is 12.1 Å². The molecule has 0 unspecified atom stereocenters. The van der Waals surface area contributed by atoms with Crippen LogP contribution >= 0.6 is 0 Å². The van der Waals surface area contributed by atoms with Crippen LogP contribution in [0, 0.1) is 18.7 Å². The Morgan fingerprint density at radius 3 is 2.40 bits per heavy atom. The molecule has 4 rings (SSSR count). The molecule has 0 radical (unpaired) electrons. The number of aliphatic carboxylic acids is 1. The minimum absolute atomic E-state index is 0.105. The van der Waals surface area contributed by atoms with Gasteiger partial charge in [-0.05, 0) is 43.3 Å². The largest absolute Gasteiger partial charge is 0.490 e. The molecule has 0 bridgehead atoms. The van der Waals surface area contributed by atoms with Gasteiger partial charge < -0.3 is 14.7 Å². The van der Waals surface area contributed by atoms with Crippen LogP contribution in [-0.2, 0) is 4.79 Å². The lowest BCUT2D eigenvalue weighted by Gasteiger charge is -2.33. The maximum atomic E-state index is 14.1. The number of anilines is 2. The number of aromatic nitrogens is 1. The average molecular weight is 494 g/mol. The molecular formula is C24H26F4N4O3. The van der Waals surface area contributed by atoms with Gasteiger partial charge in [0.2, 0.25) is 0 Å². The molecular weight excluding hydrogens is 468 g/mol. The van der Waals surface area contributed by atoms with Crippen molar-refractivity contribution < 1.29 is 32.2 Å². The van der Waals surface area contributed by atoms with Crippen LogP contribution in [0.25, 0.3) is 0 Å². The van der Waals surface area contributed by atoms with Crippen LogP contribution in [0.2, 0.25) is 0 Å². The fourth-order valence-electron chi connectivity index (χ4n) is 4.48. The summed E-state index contributed by atoms with van der Waals surface area (Å²) in [6, 6.07) is 8.49. The second-order valence-electron chi connectivity index (χ2n) is 8.84. The van der Waals surface area contributed by atoms with Crippen LogP contribution in [0.5, 0.6) is 5.75 Å². The number of carbonyl (C=O) groups is 1. The zero-order valence-electron chi connectivity index (χ0n) is 19.3. The third-order valence-electron chi connectivity index (χ3n) is 6.32. The summed E-state index contributed by atoms with van der Waals surface area (Å²) in [6.45, 7) is 4.30. The first-order valence-corrected chi connectivity index (χ1v) is 11.3. The van der Waals surface area contributed by atoms with Crippen molar-refractivity contribution in [3.05, 3.63) is 47.9 Å². The van der Waals surface area contributed by atoms with Gasteiger partial charge in [-0.25, -0.2) is 9.37 Å². The van der Waals surface area contributed by atoms with Gasteiger partial charge in [-0.15, -0.1) is 0 Å². The number of pyridine rings is 1. The second-order valence-corrected chi connectivity index (χ2v) is 8.84. The molecule has 3 heterocycles. The van der Waals surface area contributed by atoms with Gasteiger partial charge in [0.1, 0.15) is 17.6 Å². The number of nitrogens with zero attached hydrogens (tertiary/aromatic N) is 4. The number of alkyl halides is 3. The quantitative estimate of drug-likeness (QED) is 0.582. The first kappa shape index (κ1) is 24.7. The van der Waals surface area contributed by atoms with Crippen LogP contribution in [0.1, 0.15) is 31.9 Å². The lowest BCUT2D eigenvalue weighted by Crippen LogP contribution is -2.39. The number of carboxylic acids is 1. The SMILES string of the molecule is Cc1ccc(F)c(N2CCC(Oc3ccc(N4N=C(C(F)(F)F)[C@@H](C)[C@@H]4CC(=O)O)cc3)CC2)n1. The van der Waals surface area contributed by atoms with E-state index in [1.807, 2.05) is 11.8 Å². The Kier molecular flexibility index (Phi) is 6.86. The van der Waals surface area contributed by atoms with E-state index in [9.17, 15) is 27.5 Å². The highest BCUT2D eigenvalue weighted by Gasteiger charge is 2.48. The van der Waals surface area contributed by atoms with Crippen molar-refractivity contribution >= 4 is 23.2 Å². The molecule has 35 heavy (non-hydrogen) atoms. The Balaban J connectivity index is 1.41. The third-order valence-corrected chi connectivity index (χ3v) is 6.32.